The highest BCUT2D eigenvalue weighted by Crippen LogP contribution is 2.32. The van der Waals surface area contributed by atoms with E-state index in [0.29, 0.717) is 35.6 Å². The Balaban J connectivity index is 1.25. The number of carbonyl (C=O) groups excluding carboxylic acids is 2. The van der Waals surface area contributed by atoms with Crippen LogP contribution in [0.3, 0.4) is 0 Å². The van der Waals surface area contributed by atoms with E-state index in [1.165, 1.54) is 48.0 Å². The maximum absolute atomic E-state index is 14.4. The largest absolute Gasteiger partial charge is 0.350 e. The van der Waals surface area contributed by atoms with Crippen LogP contribution in [-0.2, 0) is 0 Å². The van der Waals surface area contributed by atoms with Gasteiger partial charge >= 0.3 is 0 Å². The Labute approximate surface area is 236 Å². The van der Waals surface area contributed by atoms with Crippen LogP contribution in [-0.4, -0.2) is 57.2 Å². The van der Waals surface area contributed by atoms with E-state index >= 15 is 0 Å². The molecule has 40 heavy (non-hydrogen) atoms. The normalized spacial score (nSPS) is 18.4. The molecule has 6 rings (SSSR count). The standard InChI is InChI=1S/C30H28ClFN6O2/c31-23-11-10-19(28-24(32)8-4-13-33-28)16-22(23)29(39)35-27-17-25(36-38(27)21-6-2-1-3-7-21)30(40)34-18-20-12-15-37-14-5-9-26(20)37/h1-4,6-8,10-11,13,16-17,20,26H,5,9,12,14-15,18H2,(H,34,40)(H,35,39)/t20-,26+/m0/s1. The van der Waals surface area contributed by atoms with Crippen LogP contribution in [0.4, 0.5) is 10.2 Å². The maximum Gasteiger partial charge on any atom is 0.271 e. The lowest BCUT2D eigenvalue weighted by molar-refractivity contribution is 0.0938. The number of nitrogens with zero attached hydrogens (tertiary/aromatic N) is 4. The van der Waals surface area contributed by atoms with Gasteiger partial charge in [-0.15, -0.1) is 0 Å². The number of benzene rings is 2. The van der Waals surface area contributed by atoms with Crippen molar-refractivity contribution < 1.29 is 14.0 Å². The van der Waals surface area contributed by atoms with Gasteiger partial charge in [-0.25, -0.2) is 9.07 Å². The summed E-state index contributed by atoms with van der Waals surface area (Å²) in [5, 5.41) is 10.6. The minimum absolute atomic E-state index is 0.115. The number of nitrogens with one attached hydrogen (secondary N) is 2. The van der Waals surface area contributed by atoms with Crippen molar-refractivity contribution in [3.05, 3.63) is 95.0 Å². The molecule has 2 aromatic carbocycles. The van der Waals surface area contributed by atoms with Crippen LogP contribution in [0.1, 0.15) is 40.1 Å². The minimum atomic E-state index is -0.528. The molecule has 2 amide bonds. The van der Waals surface area contributed by atoms with Gasteiger partial charge in [0, 0.05) is 30.4 Å². The van der Waals surface area contributed by atoms with Crippen LogP contribution in [0, 0.1) is 11.7 Å². The number of amides is 2. The van der Waals surface area contributed by atoms with Gasteiger partial charge in [0.05, 0.1) is 16.3 Å². The Morgan fingerprint density at radius 3 is 2.67 bits per heavy atom. The van der Waals surface area contributed by atoms with E-state index in [9.17, 15) is 14.0 Å². The number of pyridine rings is 1. The summed E-state index contributed by atoms with van der Waals surface area (Å²) >= 11 is 6.37. The number of para-hydroxylation sites is 1. The van der Waals surface area contributed by atoms with Crippen LogP contribution in [0.5, 0.6) is 0 Å². The first-order valence-corrected chi connectivity index (χ1v) is 13.8. The average Bonchev–Trinajstić information content (AvgIpc) is 3.70. The van der Waals surface area contributed by atoms with Crippen molar-refractivity contribution in [3.8, 4) is 16.9 Å². The zero-order chi connectivity index (χ0) is 27.6. The second kappa shape index (κ2) is 11.2. The monoisotopic (exact) mass is 558 g/mol. The lowest BCUT2D eigenvalue weighted by atomic mass is 9.98. The third-order valence-corrected chi connectivity index (χ3v) is 8.03. The van der Waals surface area contributed by atoms with E-state index in [1.54, 1.807) is 12.1 Å². The number of halogens is 2. The highest BCUT2D eigenvalue weighted by atomic mass is 35.5. The summed E-state index contributed by atoms with van der Waals surface area (Å²) in [7, 11) is 0. The Bertz CT molecular complexity index is 1560. The molecule has 204 valence electrons. The van der Waals surface area contributed by atoms with Crippen LogP contribution >= 0.6 is 11.6 Å². The molecule has 2 aromatic heterocycles. The molecule has 2 fully saturated rings. The molecular weight excluding hydrogens is 531 g/mol. The number of hydrogen-bond acceptors (Lipinski definition) is 5. The van der Waals surface area contributed by atoms with E-state index in [2.05, 4.69) is 25.6 Å². The molecule has 2 aliphatic heterocycles. The molecule has 0 bridgehead atoms. The van der Waals surface area contributed by atoms with Crippen molar-refractivity contribution in [1.29, 1.82) is 0 Å². The number of anilines is 1. The SMILES string of the molecule is O=C(NC[C@@H]1CCN2CCC[C@H]12)c1cc(NC(=O)c2cc(-c3ncccc3F)ccc2Cl)n(-c2ccccc2)n1. The van der Waals surface area contributed by atoms with Crippen LogP contribution in [0.15, 0.2) is 72.9 Å². The molecule has 0 aliphatic carbocycles. The molecule has 2 aliphatic rings. The first-order chi connectivity index (χ1) is 19.5. The van der Waals surface area contributed by atoms with Crippen LogP contribution in [0.25, 0.3) is 16.9 Å². The molecular formula is C30H28ClFN6O2. The second-order valence-corrected chi connectivity index (χ2v) is 10.6. The van der Waals surface area contributed by atoms with Crippen molar-refractivity contribution in [1.82, 2.24) is 25.0 Å². The lowest BCUT2D eigenvalue weighted by Crippen LogP contribution is -2.35. The molecule has 0 unspecified atom stereocenters. The van der Waals surface area contributed by atoms with Gasteiger partial charge in [0.25, 0.3) is 11.8 Å². The average molecular weight is 559 g/mol. The molecule has 0 saturated carbocycles. The summed E-state index contributed by atoms with van der Waals surface area (Å²) < 4.78 is 15.9. The van der Waals surface area contributed by atoms with Crippen molar-refractivity contribution >= 4 is 29.2 Å². The fourth-order valence-electron chi connectivity index (χ4n) is 5.72. The molecule has 2 saturated heterocycles. The number of fused-ring (bicyclic) bond motifs is 1. The summed E-state index contributed by atoms with van der Waals surface area (Å²) in [5.74, 6) is -0.603. The van der Waals surface area contributed by atoms with E-state index in [0.717, 1.165) is 19.5 Å². The van der Waals surface area contributed by atoms with Gasteiger partial charge in [0.15, 0.2) is 5.69 Å². The third kappa shape index (κ3) is 5.22. The van der Waals surface area contributed by atoms with Gasteiger partial charge in [-0.2, -0.15) is 5.10 Å². The summed E-state index contributed by atoms with van der Waals surface area (Å²) in [6.45, 7) is 2.82. The maximum atomic E-state index is 14.4. The Kier molecular flexibility index (Phi) is 7.32. The Hall–Kier alpha value is -4.08. The third-order valence-electron chi connectivity index (χ3n) is 7.70. The van der Waals surface area contributed by atoms with Crippen molar-refractivity contribution in [2.24, 2.45) is 5.92 Å². The van der Waals surface area contributed by atoms with Gasteiger partial charge in [-0.05, 0) is 74.7 Å². The number of hydrogen-bond donors (Lipinski definition) is 2. The van der Waals surface area contributed by atoms with Gasteiger partial charge < -0.3 is 15.5 Å². The second-order valence-electron chi connectivity index (χ2n) is 10.1. The first-order valence-electron chi connectivity index (χ1n) is 13.4. The molecule has 8 nitrogen and oxygen atoms in total. The van der Waals surface area contributed by atoms with Crippen LogP contribution in [0.2, 0.25) is 5.02 Å². The summed E-state index contributed by atoms with van der Waals surface area (Å²) in [5.41, 5.74) is 1.53. The summed E-state index contributed by atoms with van der Waals surface area (Å²) in [6, 6.07) is 18.7. The predicted molar refractivity (Wildman–Crippen MR) is 151 cm³/mol. The molecule has 0 spiro atoms. The van der Waals surface area contributed by atoms with Gasteiger partial charge in [-0.3, -0.25) is 14.6 Å². The zero-order valence-electron chi connectivity index (χ0n) is 21.7. The van der Waals surface area contributed by atoms with Crippen molar-refractivity contribution in [2.75, 3.05) is 25.0 Å². The van der Waals surface area contributed by atoms with E-state index in [4.69, 9.17) is 11.6 Å². The zero-order valence-corrected chi connectivity index (χ0v) is 22.4. The van der Waals surface area contributed by atoms with E-state index < -0.39 is 11.7 Å². The quantitative estimate of drug-likeness (QED) is 0.325. The molecule has 4 aromatic rings. The highest BCUT2D eigenvalue weighted by molar-refractivity contribution is 6.34. The fraction of sp³-hybridized carbons (Fsp3) is 0.267. The smallest absolute Gasteiger partial charge is 0.271 e. The minimum Gasteiger partial charge on any atom is -0.350 e. The molecule has 4 heterocycles. The molecule has 2 atom stereocenters. The highest BCUT2D eigenvalue weighted by Gasteiger charge is 2.37. The number of carbonyl (C=O) groups is 2. The fourth-order valence-corrected chi connectivity index (χ4v) is 5.92. The Morgan fingerprint density at radius 1 is 1.00 bits per heavy atom. The summed E-state index contributed by atoms with van der Waals surface area (Å²) in [6.07, 6.45) is 4.95. The number of rotatable bonds is 7. The topological polar surface area (TPSA) is 92.2 Å². The lowest BCUT2D eigenvalue weighted by Gasteiger charge is -2.20. The molecule has 10 heteroatoms. The molecule has 2 N–H and O–H groups in total. The Morgan fingerprint density at radius 2 is 1.85 bits per heavy atom. The van der Waals surface area contributed by atoms with Gasteiger partial charge in [-0.1, -0.05) is 35.9 Å². The van der Waals surface area contributed by atoms with E-state index in [-0.39, 0.29) is 27.9 Å². The van der Waals surface area contributed by atoms with Gasteiger partial charge in [0.2, 0.25) is 0 Å². The first kappa shape index (κ1) is 26.2. The molecule has 0 radical (unpaired) electrons. The van der Waals surface area contributed by atoms with Gasteiger partial charge in [0.1, 0.15) is 17.3 Å². The van der Waals surface area contributed by atoms with Crippen LogP contribution < -0.4 is 10.6 Å². The van der Waals surface area contributed by atoms with Crippen molar-refractivity contribution in [3.63, 3.8) is 0 Å². The predicted octanol–water partition coefficient (Wildman–Crippen LogP) is 5.19. The van der Waals surface area contributed by atoms with E-state index in [1.807, 2.05) is 30.3 Å². The summed E-state index contributed by atoms with van der Waals surface area (Å²) in [4.78, 5) is 33.2. The van der Waals surface area contributed by atoms with Crippen molar-refractivity contribution in [2.45, 2.75) is 25.3 Å². The number of aromatic nitrogens is 3.